The maximum atomic E-state index is 13.8. The standard InChI is InChI=1S/C37H53N7O9/c1-7-8-9-26(38-5)35(51)41-21(4)34(50)40-18-32(49)44(6)33-23-11-13-30(47)25(16-23)24-14-22(10-12-29(24)46)15-27(42-31(48)17-39-37(33)53)36(52)43-28(19-45)20(2)3/h10-14,16,20-21,26-28,33,38,45-47H,7-9,15,17-19H2,1-6H3,(H,39,53)(H,40,50)(H,41,51)(H,42,48)(H,43,52)/t21-,26-,27+,28+,33+/m1/s1. The monoisotopic (exact) mass is 739 g/mol. The number of hydrogen-bond donors (Lipinski definition) is 9. The summed E-state index contributed by atoms with van der Waals surface area (Å²) in [6.45, 7) is 5.68. The molecule has 9 N–H and O–H groups in total. The zero-order chi connectivity index (χ0) is 39.4. The van der Waals surface area contributed by atoms with Gasteiger partial charge in [-0.3, -0.25) is 28.8 Å². The Labute approximate surface area is 309 Å². The summed E-state index contributed by atoms with van der Waals surface area (Å²) < 4.78 is 0. The molecule has 0 unspecified atom stereocenters. The molecule has 2 aromatic carbocycles. The number of rotatable bonds is 14. The molecule has 0 aliphatic carbocycles. The molecule has 3 rings (SSSR count). The number of aliphatic hydroxyl groups is 1. The third-order valence-electron chi connectivity index (χ3n) is 9.24. The van der Waals surface area contributed by atoms with E-state index in [1.54, 1.807) is 19.2 Å². The van der Waals surface area contributed by atoms with E-state index in [9.17, 15) is 44.1 Å². The summed E-state index contributed by atoms with van der Waals surface area (Å²) in [6, 6.07) is 4.04. The average molecular weight is 740 g/mol. The number of aromatic hydroxyl groups is 2. The summed E-state index contributed by atoms with van der Waals surface area (Å²) in [7, 11) is 2.98. The first-order valence-electron chi connectivity index (χ1n) is 17.8. The molecule has 2 aromatic rings. The number of fused-ring (bicyclic) bond motifs is 5. The first-order chi connectivity index (χ1) is 25.1. The summed E-state index contributed by atoms with van der Waals surface area (Å²) in [5, 5.41) is 47.5. The van der Waals surface area contributed by atoms with Gasteiger partial charge in [0.2, 0.25) is 35.4 Å². The molecular weight excluding hydrogens is 686 g/mol. The number of carbonyl (C=O) groups excluding carboxylic acids is 6. The quantitative estimate of drug-likeness (QED) is 0.125. The van der Waals surface area contributed by atoms with Gasteiger partial charge < -0.3 is 52.1 Å². The van der Waals surface area contributed by atoms with Gasteiger partial charge >= 0.3 is 0 Å². The van der Waals surface area contributed by atoms with Crippen LogP contribution in [0.1, 0.15) is 64.1 Å². The van der Waals surface area contributed by atoms with Crippen LogP contribution in [-0.4, -0.2) is 114 Å². The number of benzene rings is 2. The summed E-state index contributed by atoms with van der Waals surface area (Å²) in [6.07, 6.45) is 2.27. The van der Waals surface area contributed by atoms with Crippen molar-refractivity contribution in [3.05, 3.63) is 47.5 Å². The lowest BCUT2D eigenvalue weighted by molar-refractivity contribution is -0.140. The highest BCUT2D eigenvalue weighted by Crippen LogP contribution is 2.38. The van der Waals surface area contributed by atoms with E-state index in [0.717, 1.165) is 17.7 Å². The molecular formula is C37H53N7O9. The number of amides is 6. The maximum absolute atomic E-state index is 13.8. The Kier molecular flexibility index (Phi) is 15.6. The highest BCUT2D eigenvalue weighted by atomic mass is 16.3. The second-order valence-corrected chi connectivity index (χ2v) is 13.6. The molecule has 5 atom stereocenters. The zero-order valence-electron chi connectivity index (χ0n) is 31.1. The second kappa shape index (κ2) is 19.6. The van der Waals surface area contributed by atoms with Crippen molar-refractivity contribution in [2.45, 2.75) is 83.6 Å². The number of aliphatic hydroxyl groups excluding tert-OH is 1. The summed E-state index contributed by atoms with van der Waals surface area (Å²) in [4.78, 5) is 80.4. The van der Waals surface area contributed by atoms with Gasteiger partial charge in [0.05, 0.1) is 31.8 Å². The fraction of sp³-hybridized carbons (Fsp3) is 0.514. The minimum absolute atomic E-state index is 0.0295. The Morgan fingerprint density at radius 3 is 2.25 bits per heavy atom. The van der Waals surface area contributed by atoms with Crippen molar-refractivity contribution in [3.63, 3.8) is 0 Å². The number of carbonyl (C=O) groups is 6. The first kappa shape index (κ1) is 42.2. The van der Waals surface area contributed by atoms with Gasteiger partial charge in [0.15, 0.2) is 0 Å². The molecule has 0 saturated heterocycles. The van der Waals surface area contributed by atoms with E-state index in [4.69, 9.17) is 0 Å². The van der Waals surface area contributed by atoms with Crippen LogP contribution >= 0.6 is 0 Å². The first-order valence-corrected chi connectivity index (χ1v) is 17.8. The van der Waals surface area contributed by atoms with Crippen LogP contribution in [0.2, 0.25) is 0 Å². The Bertz CT molecular complexity index is 1650. The molecule has 0 radical (unpaired) electrons. The number of phenolic OH excluding ortho intramolecular Hbond substituents is 2. The lowest BCUT2D eigenvalue weighted by Gasteiger charge is -2.29. The number of nitrogens with one attached hydrogen (secondary N) is 6. The van der Waals surface area contributed by atoms with Crippen LogP contribution in [-0.2, 0) is 35.2 Å². The number of likely N-dealkylation sites (N-methyl/N-ethyl adjacent to an activating group) is 2. The number of nitrogens with zero attached hydrogens (tertiary/aromatic N) is 1. The van der Waals surface area contributed by atoms with Crippen molar-refractivity contribution in [3.8, 4) is 22.6 Å². The fourth-order valence-corrected chi connectivity index (χ4v) is 5.86. The van der Waals surface area contributed by atoms with Crippen molar-refractivity contribution in [1.29, 1.82) is 0 Å². The average Bonchev–Trinajstić information content (AvgIpc) is 3.12. The molecule has 1 aliphatic rings. The molecule has 0 aromatic heterocycles. The van der Waals surface area contributed by atoms with Gasteiger partial charge in [-0.05, 0) is 61.7 Å². The molecule has 53 heavy (non-hydrogen) atoms. The Balaban J connectivity index is 1.91. The topological polar surface area (TPSA) is 239 Å². The largest absolute Gasteiger partial charge is 0.507 e. The summed E-state index contributed by atoms with van der Waals surface area (Å²) >= 11 is 0. The number of phenols is 2. The van der Waals surface area contributed by atoms with E-state index in [2.05, 4.69) is 31.9 Å². The molecule has 16 nitrogen and oxygen atoms in total. The summed E-state index contributed by atoms with van der Waals surface area (Å²) in [5.74, 6) is -4.35. The van der Waals surface area contributed by atoms with Crippen molar-refractivity contribution in [2.24, 2.45) is 5.92 Å². The molecule has 0 spiro atoms. The van der Waals surface area contributed by atoms with Crippen molar-refractivity contribution < 1.29 is 44.1 Å². The van der Waals surface area contributed by atoms with E-state index in [1.165, 1.54) is 38.2 Å². The zero-order valence-corrected chi connectivity index (χ0v) is 31.1. The fourth-order valence-electron chi connectivity index (χ4n) is 5.86. The Morgan fingerprint density at radius 2 is 1.62 bits per heavy atom. The third-order valence-corrected chi connectivity index (χ3v) is 9.24. The molecule has 290 valence electrons. The predicted molar refractivity (Wildman–Crippen MR) is 196 cm³/mol. The van der Waals surface area contributed by atoms with Gasteiger partial charge in [-0.25, -0.2) is 0 Å². The molecule has 0 fully saturated rings. The molecule has 1 aliphatic heterocycles. The molecule has 16 heteroatoms. The van der Waals surface area contributed by atoms with Crippen molar-refractivity contribution in [1.82, 2.24) is 36.8 Å². The van der Waals surface area contributed by atoms with Gasteiger partial charge in [0.1, 0.15) is 29.6 Å². The SMILES string of the molecule is CCCC[C@@H](NC)C(=O)N[C@H](C)C(=O)NCC(=O)N(C)[C@@H]1C(=O)NCC(=O)N[C@H](C(=O)N[C@@H](CO)C(C)C)Cc2ccc(O)c(c2)-c2cc1ccc2O. The van der Waals surface area contributed by atoms with Crippen molar-refractivity contribution >= 4 is 35.4 Å². The third kappa shape index (κ3) is 11.4. The van der Waals surface area contributed by atoms with Crippen LogP contribution in [0.15, 0.2) is 36.4 Å². The minimum atomic E-state index is -1.39. The smallest absolute Gasteiger partial charge is 0.247 e. The van der Waals surface area contributed by atoms with Gasteiger partial charge in [-0.2, -0.15) is 0 Å². The van der Waals surface area contributed by atoms with E-state index in [-0.39, 0.29) is 53.0 Å². The van der Waals surface area contributed by atoms with Crippen LogP contribution in [0.4, 0.5) is 0 Å². The van der Waals surface area contributed by atoms with Gasteiger partial charge in [-0.15, -0.1) is 0 Å². The van der Waals surface area contributed by atoms with Crippen molar-refractivity contribution in [2.75, 3.05) is 33.8 Å². The molecule has 6 amide bonds. The number of hydrogen-bond acceptors (Lipinski definition) is 10. The Hall–Kier alpha value is -5.22. The Morgan fingerprint density at radius 1 is 0.962 bits per heavy atom. The van der Waals surface area contributed by atoms with Crippen LogP contribution < -0.4 is 31.9 Å². The van der Waals surface area contributed by atoms with Crippen LogP contribution in [0.5, 0.6) is 11.5 Å². The summed E-state index contributed by atoms with van der Waals surface area (Å²) in [5.41, 5.74) is 1.01. The van der Waals surface area contributed by atoms with Crippen LogP contribution in [0.25, 0.3) is 11.1 Å². The van der Waals surface area contributed by atoms with Gasteiger partial charge in [0.25, 0.3) is 0 Å². The van der Waals surface area contributed by atoms with Gasteiger partial charge in [0, 0.05) is 24.6 Å². The molecule has 1 heterocycles. The lowest BCUT2D eigenvalue weighted by atomic mass is 9.94. The minimum Gasteiger partial charge on any atom is -0.507 e. The maximum Gasteiger partial charge on any atom is 0.247 e. The van der Waals surface area contributed by atoms with E-state index in [1.807, 2.05) is 20.8 Å². The highest BCUT2D eigenvalue weighted by Gasteiger charge is 2.32. The molecule has 0 saturated carbocycles. The number of unbranched alkanes of at least 4 members (excludes halogenated alkanes) is 1. The highest BCUT2D eigenvalue weighted by molar-refractivity contribution is 5.95. The normalized spacial score (nSPS) is 17.7. The van der Waals surface area contributed by atoms with Crippen LogP contribution in [0, 0.1) is 5.92 Å². The van der Waals surface area contributed by atoms with E-state index >= 15 is 0 Å². The second-order valence-electron chi connectivity index (χ2n) is 13.6. The molecule has 4 bridgehead atoms. The predicted octanol–water partition coefficient (Wildman–Crippen LogP) is -0.0464. The lowest BCUT2D eigenvalue weighted by Crippen LogP contribution is -2.54. The van der Waals surface area contributed by atoms with Gasteiger partial charge in [-0.1, -0.05) is 45.7 Å². The van der Waals surface area contributed by atoms with E-state index in [0.29, 0.717) is 12.0 Å². The van der Waals surface area contributed by atoms with E-state index < -0.39 is 72.8 Å². The van der Waals surface area contributed by atoms with Crippen LogP contribution in [0.3, 0.4) is 0 Å².